The second-order valence-electron chi connectivity index (χ2n) is 9.75. The Morgan fingerprint density at radius 2 is 1.92 bits per heavy atom. The zero-order valence-corrected chi connectivity index (χ0v) is 22.7. The summed E-state index contributed by atoms with van der Waals surface area (Å²) in [7, 11) is 0. The van der Waals surface area contributed by atoms with Gasteiger partial charge in [-0.15, -0.1) is 12.4 Å². The second-order valence-corrected chi connectivity index (χ2v) is 10.2. The Balaban J connectivity index is 0.00000420. The Morgan fingerprint density at radius 3 is 2.54 bits per heavy atom. The van der Waals surface area contributed by atoms with Gasteiger partial charge in [-0.25, -0.2) is 4.98 Å². The molecule has 1 heterocycles. The molecular weight excluding hydrogens is 556 g/mol. The molecule has 7 nitrogen and oxygen atoms in total. The molecule has 4 rings (SSSR count). The van der Waals surface area contributed by atoms with Gasteiger partial charge in [-0.05, 0) is 86.1 Å². The number of hydrogen-bond donors (Lipinski definition) is 3. The molecule has 0 saturated carbocycles. The quantitative estimate of drug-likeness (QED) is 0.312. The standard InChI is InChI=1S/C27H30ClF3N4O3.ClH/c28-18-10-11-19(20(13-18)16-4-2-1-3-5-16)24(27(29,30)31)38-23-14-22(34-26(33)35-23)17-8-6-15(7-9-17)12-21(32)25(36)37;/h4,8,10-11,13-15,21,24H,1-3,5-7,9,12,32H2,(H,36,37)(H2,33,34,35);1H/t15?,21-,24+;/m0./s1. The number of carboxylic acid groups (broad SMARTS) is 1. The van der Waals surface area contributed by atoms with Gasteiger partial charge in [0.15, 0.2) is 0 Å². The average molecular weight is 587 g/mol. The highest BCUT2D eigenvalue weighted by molar-refractivity contribution is 6.30. The summed E-state index contributed by atoms with van der Waals surface area (Å²) in [5.74, 6) is -1.45. The van der Waals surface area contributed by atoms with Crippen molar-refractivity contribution in [1.29, 1.82) is 0 Å². The van der Waals surface area contributed by atoms with Gasteiger partial charge >= 0.3 is 12.1 Å². The normalized spacial score (nSPS) is 19.3. The van der Waals surface area contributed by atoms with E-state index in [1.54, 1.807) is 6.07 Å². The first-order chi connectivity index (χ1) is 18.0. The van der Waals surface area contributed by atoms with Gasteiger partial charge in [0.25, 0.3) is 0 Å². The highest BCUT2D eigenvalue weighted by Crippen LogP contribution is 2.42. The molecule has 0 amide bonds. The average Bonchev–Trinajstić information content (AvgIpc) is 2.87. The number of rotatable bonds is 8. The molecule has 39 heavy (non-hydrogen) atoms. The number of nitrogen functional groups attached to an aromatic ring is 1. The van der Waals surface area contributed by atoms with Gasteiger partial charge in [-0.1, -0.05) is 29.8 Å². The van der Waals surface area contributed by atoms with Crippen LogP contribution in [0.4, 0.5) is 19.1 Å². The van der Waals surface area contributed by atoms with Crippen LogP contribution in [-0.4, -0.2) is 33.3 Å². The zero-order chi connectivity index (χ0) is 27.4. The molecule has 0 aliphatic heterocycles. The summed E-state index contributed by atoms with van der Waals surface area (Å²) in [6, 6.07) is 4.74. The Labute approximate surface area is 235 Å². The van der Waals surface area contributed by atoms with Crippen molar-refractivity contribution in [2.45, 2.75) is 69.7 Å². The van der Waals surface area contributed by atoms with E-state index in [9.17, 15) is 18.0 Å². The number of allylic oxidation sites excluding steroid dienone is 4. The lowest BCUT2D eigenvalue weighted by molar-refractivity contribution is -0.198. The van der Waals surface area contributed by atoms with Gasteiger partial charge in [0.05, 0.1) is 5.69 Å². The van der Waals surface area contributed by atoms with Crippen molar-refractivity contribution in [2.75, 3.05) is 5.73 Å². The molecule has 0 bridgehead atoms. The molecule has 12 heteroatoms. The van der Waals surface area contributed by atoms with Crippen LogP contribution in [0.1, 0.15) is 74.3 Å². The van der Waals surface area contributed by atoms with Crippen LogP contribution in [0, 0.1) is 5.92 Å². The summed E-state index contributed by atoms with van der Waals surface area (Å²) in [5, 5.41) is 9.39. The van der Waals surface area contributed by atoms with E-state index in [0.717, 1.165) is 30.4 Å². The van der Waals surface area contributed by atoms with Crippen LogP contribution in [0.25, 0.3) is 11.1 Å². The van der Waals surface area contributed by atoms with Gasteiger partial charge in [0.1, 0.15) is 6.04 Å². The van der Waals surface area contributed by atoms with E-state index in [-0.39, 0.29) is 35.7 Å². The number of halogens is 5. The van der Waals surface area contributed by atoms with Crippen molar-refractivity contribution < 1.29 is 27.8 Å². The molecule has 2 aliphatic carbocycles. The third-order valence-corrected chi connectivity index (χ3v) is 7.18. The van der Waals surface area contributed by atoms with Crippen LogP contribution in [0.15, 0.2) is 36.4 Å². The van der Waals surface area contributed by atoms with E-state index in [0.29, 0.717) is 48.4 Å². The smallest absolute Gasteiger partial charge is 0.429 e. The van der Waals surface area contributed by atoms with Crippen molar-refractivity contribution in [3.8, 4) is 5.88 Å². The third-order valence-electron chi connectivity index (χ3n) is 6.94. The van der Waals surface area contributed by atoms with Crippen LogP contribution >= 0.6 is 24.0 Å². The lowest BCUT2D eigenvalue weighted by Gasteiger charge is -2.26. The van der Waals surface area contributed by atoms with Gasteiger partial charge in [-0.2, -0.15) is 18.2 Å². The molecule has 2 aliphatic rings. The van der Waals surface area contributed by atoms with Crippen molar-refractivity contribution in [2.24, 2.45) is 11.7 Å². The predicted molar refractivity (Wildman–Crippen MR) is 147 cm³/mol. The first-order valence-electron chi connectivity index (χ1n) is 12.6. The van der Waals surface area contributed by atoms with Crippen LogP contribution in [0.5, 0.6) is 5.88 Å². The van der Waals surface area contributed by atoms with E-state index in [1.807, 2.05) is 12.2 Å². The van der Waals surface area contributed by atoms with Crippen LogP contribution in [0.3, 0.4) is 0 Å². The predicted octanol–water partition coefficient (Wildman–Crippen LogP) is 6.76. The fourth-order valence-electron chi connectivity index (χ4n) is 5.01. The number of hydrogen-bond acceptors (Lipinski definition) is 6. The minimum absolute atomic E-state index is 0. The highest BCUT2D eigenvalue weighted by atomic mass is 35.5. The van der Waals surface area contributed by atoms with E-state index in [4.69, 9.17) is 32.9 Å². The Bertz CT molecular complexity index is 1250. The number of carboxylic acids is 1. The van der Waals surface area contributed by atoms with E-state index >= 15 is 0 Å². The van der Waals surface area contributed by atoms with Crippen molar-refractivity contribution in [1.82, 2.24) is 9.97 Å². The van der Waals surface area contributed by atoms with Crippen molar-refractivity contribution in [3.63, 3.8) is 0 Å². The van der Waals surface area contributed by atoms with Gasteiger partial charge in [0.2, 0.25) is 17.9 Å². The SMILES string of the molecule is Cl.Nc1nc(O[C@H](c2ccc(Cl)cc2C2=CCCCC2)C(F)(F)F)cc(C2=CCC(C[C@H](N)C(=O)O)CC2)n1. The minimum Gasteiger partial charge on any atom is -0.480 e. The summed E-state index contributed by atoms with van der Waals surface area (Å²) < 4.78 is 48.7. The second kappa shape index (κ2) is 13.0. The number of ether oxygens (including phenoxy) is 1. The summed E-state index contributed by atoms with van der Waals surface area (Å²) in [6.45, 7) is 0. The fourth-order valence-corrected chi connectivity index (χ4v) is 5.18. The molecular formula is C27H31Cl2F3N4O3. The number of nitrogens with zero attached hydrogens (tertiary/aromatic N) is 2. The van der Waals surface area contributed by atoms with Gasteiger partial charge in [-0.3, -0.25) is 4.79 Å². The number of carbonyl (C=O) groups is 1. The summed E-state index contributed by atoms with van der Waals surface area (Å²) >= 11 is 6.17. The molecule has 0 spiro atoms. The molecule has 0 fully saturated rings. The third kappa shape index (κ3) is 7.86. The van der Waals surface area contributed by atoms with Gasteiger partial charge in [0, 0.05) is 16.7 Å². The fraction of sp³-hybridized carbons (Fsp3) is 0.444. The van der Waals surface area contributed by atoms with Crippen LogP contribution in [-0.2, 0) is 4.79 Å². The molecule has 1 aromatic carbocycles. The van der Waals surface area contributed by atoms with Gasteiger partial charge < -0.3 is 21.3 Å². The van der Waals surface area contributed by atoms with Crippen molar-refractivity contribution in [3.05, 3.63) is 58.3 Å². The zero-order valence-electron chi connectivity index (χ0n) is 21.1. The number of aromatic nitrogens is 2. The summed E-state index contributed by atoms with van der Waals surface area (Å²) in [6.07, 6.45) is 2.28. The maximum Gasteiger partial charge on any atom is 0.429 e. The Hall–Kier alpha value is -2.82. The topological polar surface area (TPSA) is 124 Å². The molecule has 2 aromatic rings. The minimum atomic E-state index is -4.74. The summed E-state index contributed by atoms with van der Waals surface area (Å²) in [5.41, 5.74) is 13.9. The number of benzene rings is 1. The highest BCUT2D eigenvalue weighted by Gasteiger charge is 2.45. The first kappa shape index (κ1) is 30.7. The maximum absolute atomic E-state index is 14.4. The molecule has 1 unspecified atom stereocenters. The number of nitrogens with two attached hydrogens (primary N) is 2. The number of aliphatic carboxylic acids is 1. The van der Waals surface area contributed by atoms with Crippen LogP contribution < -0.4 is 16.2 Å². The number of anilines is 1. The maximum atomic E-state index is 14.4. The van der Waals surface area contributed by atoms with E-state index in [2.05, 4.69) is 9.97 Å². The molecule has 1 aromatic heterocycles. The molecule has 3 atom stereocenters. The Morgan fingerprint density at radius 1 is 1.15 bits per heavy atom. The van der Waals surface area contributed by atoms with E-state index < -0.39 is 24.3 Å². The van der Waals surface area contributed by atoms with Crippen LogP contribution in [0.2, 0.25) is 5.02 Å². The van der Waals surface area contributed by atoms with E-state index in [1.165, 1.54) is 18.2 Å². The molecule has 0 saturated heterocycles. The number of alkyl halides is 3. The molecule has 0 radical (unpaired) electrons. The summed E-state index contributed by atoms with van der Waals surface area (Å²) in [4.78, 5) is 19.2. The Kier molecular flexibility index (Phi) is 10.3. The monoisotopic (exact) mass is 586 g/mol. The van der Waals surface area contributed by atoms with Crippen molar-refractivity contribution >= 4 is 47.1 Å². The molecule has 212 valence electrons. The lowest BCUT2D eigenvalue weighted by atomic mass is 9.84. The molecule has 5 N–H and O–H groups in total. The first-order valence-corrected chi connectivity index (χ1v) is 12.9. The largest absolute Gasteiger partial charge is 0.480 e. The lowest BCUT2D eigenvalue weighted by Crippen LogP contribution is -2.32.